The molecule has 2 aliphatic rings. The maximum absolute atomic E-state index is 14.4. The summed E-state index contributed by atoms with van der Waals surface area (Å²) in [5.41, 5.74) is 3.21. The summed E-state index contributed by atoms with van der Waals surface area (Å²) in [5, 5.41) is 12.9. The molecule has 4 heterocycles. The Bertz CT molecular complexity index is 1180. The first kappa shape index (κ1) is 22.9. The second-order valence-electron chi connectivity index (χ2n) is 9.18. The van der Waals surface area contributed by atoms with Gasteiger partial charge in [0.05, 0.1) is 54.4 Å². The van der Waals surface area contributed by atoms with E-state index in [0.29, 0.717) is 17.9 Å². The van der Waals surface area contributed by atoms with Gasteiger partial charge in [-0.15, -0.1) is 5.10 Å². The lowest BCUT2D eigenvalue weighted by molar-refractivity contribution is -0.0698. The zero-order chi connectivity index (χ0) is 23.9. The highest BCUT2D eigenvalue weighted by Crippen LogP contribution is 2.36. The van der Waals surface area contributed by atoms with Gasteiger partial charge in [-0.2, -0.15) is 13.9 Å². The lowest BCUT2D eigenvalue weighted by Gasteiger charge is -2.36. The Morgan fingerprint density at radius 2 is 1.97 bits per heavy atom. The van der Waals surface area contributed by atoms with Gasteiger partial charge in [0.1, 0.15) is 6.61 Å². The van der Waals surface area contributed by atoms with Gasteiger partial charge in [-0.25, -0.2) is 0 Å². The molecule has 2 unspecified atom stereocenters. The van der Waals surface area contributed by atoms with Crippen molar-refractivity contribution in [1.29, 1.82) is 0 Å². The average Bonchev–Trinajstić information content (AvgIpc) is 3.08. The van der Waals surface area contributed by atoms with Crippen molar-refractivity contribution in [2.24, 2.45) is 0 Å². The second kappa shape index (κ2) is 9.03. The van der Waals surface area contributed by atoms with Gasteiger partial charge in [0.25, 0.3) is 5.92 Å². The molecule has 0 amide bonds. The van der Waals surface area contributed by atoms with Crippen LogP contribution in [0.4, 0.5) is 20.3 Å². The van der Waals surface area contributed by atoms with Crippen LogP contribution < -0.4 is 10.2 Å². The first-order chi connectivity index (χ1) is 16.4. The number of hydrogen-bond donors (Lipinski definition) is 1. The van der Waals surface area contributed by atoms with Crippen molar-refractivity contribution in [1.82, 2.24) is 15.2 Å². The Labute approximate surface area is 197 Å². The number of hydrogen-bond acceptors (Lipinski definition) is 7. The molecule has 1 aromatic carbocycles. The monoisotopic (exact) mass is 469 g/mol. The average molecular weight is 470 g/mol. The predicted molar refractivity (Wildman–Crippen MR) is 126 cm³/mol. The Balaban J connectivity index is 1.46. The van der Waals surface area contributed by atoms with Gasteiger partial charge in [-0.05, 0) is 44.4 Å². The fourth-order valence-electron chi connectivity index (χ4n) is 5.04. The van der Waals surface area contributed by atoms with Gasteiger partial charge in [0.2, 0.25) is 0 Å². The van der Waals surface area contributed by atoms with E-state index in [2.05, 4.69) is 26.5 Å². The number of ether oxygens (including phenoxy) is 2. The van der Waals surface area contributed by atoms with Gasteiger partial charge in [-0.1, -0.05) is 18.2 Å². The molecular weight excluding hydrogens is 440 g/mol. The summed E-state index contributed by atoms with van der Waals surface area (Å²) >= 11 is 0. The highest BCUT2D eigenvalue weighted by Gasteiger charge is 2.38. The molecule has 2 bridgehead atoms. The molecule has 0 saturated carbocycles. The van der Waals surface area contributed by atoms with E-state index >= 15 is 0 Å². The van der Waals surface area contributed by atoms with E-state index in [1.165, 1.54) is 19.2 Å². The first-order valence-corrected chi connectivity index (χ1v) is 11.6. The van der Waals surface area contributed by atoms with E-state index in [4.69, 9.17) is 14.5 Å². The zero-order valence-electron chi connectivity index (χ0n) is 19.6. The van der Waals surface area contributed by atoms with Crippen LogP contribution in [0.3, 0.4) is 0 Å². The quantitative estimate of drug-likeness (QED) is 0.542. The van der Waals surface area contributed by atoms with Crippen LogP contribution in [0.15, 0.2) is 36.5 Å². The molecule has 5 rings (SSSR count). The van der Waals surface area contributed by atoms with Crippen molar-refractivity contribution in [2.75, 3.05) is 37.1 Å². The van der Waals surface area contributed by atoms with Gasteiger partial charge in [-0.3, -0.25) is 4.98 Å². The van der Waals surface area contributed by atoms with Crippen LogP contribution in [0.1, 0.15) is 42.6 Å². The van der Waals surface area contributed by atoms with Gasteiger partial charge in [0.15, 0.2) is 5.82 Å². The molecule has 1 N–H and O–H groups in total. The molecule has 9 heteroatoms. The van der Waals surface area contributed by atoms with Crippen molar-refractivity contribution in [2.45, 2.75) is 50.7 Å². The summed E-state index contributed by atoms with van der Waals surface area (Å²) < 4.78 is 39.2. The summed E-state index contributed by atoms with van der Waals surface area (Å²) in [7, 11) is 1.27. The van der Waals surface area contributed by atoms with Crippen LogP contribution in [0.25, 0.3) is 10.9 Å². The summed E-state index contributed by atoms with van der Waals surface area (Å²) in [5.74, 6) is -2.48. The molecule has 7 nitrogen and oxygen atoms in total. The topological polar surface area (TPSA) is 72.4 Å². The number of anilines is 2. The van der Waals surface area contributed by atoms with Crippen molar-refractivity contribution >= 4 is 22.4 Å². The van der Waals surface area contributed by atoms with E-state index in [0.717, 1.165) is 53.9 Å². The van der Waals surface area contributed by atoms with Gasteiger partial charge >= 0.3 is 0 Å². The molecular formula is C25H29F2N5O2. The fraction of sp³-hybridized carbons (Fsp3) is 0.480. The number of benzene rings is 1. The number of rotatable bonds is 7. The lowest BCUT2D eigenvalue weighted by Crippen LogP contribution is -2.45. The third-order valence-electron chi connectivity index (χ3n) is 6.80. The molecule has 0 aliphatic carbocycles. The van der Waals surface area contributed by atoms with Crippen molar-refractivity contribution in [3.8, 4) is 0 Å². The summed E-state index contributed by atoms with van der Waals surface area (Å²) in [6.45, 7) is 4.60. The Morgan fingerprint density at radius 1 is 1.21 bits per heavy atom. The molecule has 2 fully saturated rings. The number of nitrogens with zero attached hydrogens (tertiary/aromatic N) is 4. The number of pyridine rings is 1. The maximum Gasteiger partial charge on any atom is 0.296 e. The Hall–Kier alpha value is -2.91. The number of aryl methyl sites for hydroxylation is 1. The third-order valence-corrected chi connectivity index (χ3v) is 6.80. The highest BCUT2D eigenvalue weighted by atomic mass is 19.3. The number of fused-ring (bicyclic) bond motifs is 3. The number of alkyl halides is 2. The Kier molecular flexibility index (Phi) is 6.07. The van der Waals surface area contributed by atoms with Gasteiger partial charge in [0, 0.05) is 18.1 Å². The zero-order valence-corrected chi connectivity index (χ0v) is 19.6. The van der Waals surface area contributed by atoms with Crippen LogP contribution in [0, 0.1) is 6.92 Å². The molecule has 34 heavy (non-hydrogen) atoms. The van der Waals surface area contributed by atoms with E-state index in [-0.39, 0.29) is 11.6 Å². The molecule has 3 aromatic rings. The molecule has 2 aromatic heterocycles. The summed E-state index contributed by atoms with van der Waals surface area (Å²) in [6.07, 6.45) is 4.13. The summed E-state index contributed by atoms with van der Waals surface area (Å²) in [4.78, 5) is 7.14. The van der Waals surface area contributed by atoms with E-state index < -0.39 is 12.5 Å². The minimum Gasteiger partial charge on any atom is -0.378 e. The number of methoxy groups -OCH3 is 1. The second-order valence-corrected chi connectivity index (χ2v) is 9.18. The largest absolute Gasteiger partial charge is 0.378 e. The molecule has 0 spiro atoms. The predicted octanol–water partition coefficient (Wildman–Crippen LogP) is 4.61. The molecule has 2 saturated heterocycles. The SMILES string of the molecule is COCC(F)(F)c1cccc([C@@H](C)Nc2nnc(C)c3ncc(N4C5CCC4COC5)cc23)c1. The van der Waals surface area contributed by atoms with Crippen LogP contribution in [-0.2, 0) is 15.4 Å². The van der Waals surface area contributed by atoms with Crippen molar-refractivity contribution in [3.63, 3.8) is 0 Å². The Morgan fingerprint density at radius 3 is 2.71 bits per heavy atom. The van der Waals surface area contributed by atoms with E-state index in [9.17, 15) is 8.78 Å². The van der Waals surface area contributed by atoms with Crippen molar-refractivity contribution < 1.29 is 18.3 Å². The minimum atomic E-state index is -3.06. The molecule has 0 radical (unpaired) electrons. The molecule has 3 atom stereocenters. The van der Waals surface area contributed by atoms with Crippen LogP contribution in [-0.4, -0.2) is 54.2 Å². The van der Waals surface area contributed by atoms with Crippen LogP contribution >= 0.6 is 0 Å². The number of halogens is 2. The van der Waals surface area contributed by atoms with E-state index in [1.54, 1.807) is 6.07 Å². The number of aromatic nitrogens is 3. The number of nitrogens with one attached hydrogen (secondary N) is 1. The third kappa shape index (κ3) is 4.18. The standard InChI is InChI=1S/C25H29F2N5O2/c1-15(17-5-4-6-18(9-17)25(26,27)14-33-3)29-24-22-10-21(11-28-23(22)16(2)30-31-24)32-19-7-8-20(32)13-34-12-19/h4-6,9-11,15,19-20H,7-8,12-14H2,1-3H3,(H,29,31)/t15-,19?,20?/m1/s1. The fourth-order valence-corrected chi connectivity index (χ4v) is 5.04. The molecule has 2 aliphatic heterocycles. The van der Waals surface area contributed by atoms with Crippen molar-refractivity contribution in [3.05, 3.63) is 53.3 Å². The summed E-state index contributed by atoms with van der Waals surface area (Å²) in [6, 6.07) is 8.95. The lowest BCUT2D eigenvalue weighted by atomic mass is 10.0. The maximum atomic E-state index is 14.4. The van der Waals surface area contributed by atoms with E-state index in [1.807, 2.05) is 26.1 Å². The first-order valence-electron chi connectivity index (χ1n) is 11.6. The minimum absolute atomic E-state index is 0.0768. The highest BCUT2D eigenvalue weighted by molar-refractivity contribution is 5.92. The number of morpholine rings is 1. The smallest absolute Gasteiger partial charge is 0.296 e. The van der Waals surface area contributed by atoms with Crippen LogP contribution in [0.2, 0.25) is 0 Å². The van der Waals surface area contributed by atoms with Crippen LogP contribution in [0.5, 0.6) is 0 Å². The van der Waals surface area contributed by atoms with Gasteiger partial charge < -0.3 is 19.7 Å². The molecule has 180 valence electrons. The normalized spacial score (nSPS) is 21.1.